The van der Waals surface area contributed by atoms with Gasteiger partial charge in [-0.2, -0.15) is 0 Å². The summed E-state index contributed by atoms with van der Waals surface area (Å²) < 4.78 is 18.9. The Balaban J connectivity index is 0.00000256. The van der Waals surface area contributed by atoms with Gasteiger partial charge in [-0.3, -0.25) is 8.54 Å². The van der Waals surface area contributed by atoms with E-state index in [0.717, 1.165) is 19.6 Å². The fourth-order valence-corrected chi connectivity index (χ4v) is 11.8. The number of rotatable bonds is 6. The van der Waals surface area contributed by atoms with E-state index < -0.39 is 17.7 Å². The van der Waals surface area contributed by atoms with Crippen LogP contribution in [-0.4, -0.2) is 42.6 Å². The zero-order valence-corrected chi connectivity index (χ0v) is 17.7. The van der Waals surface area contributed by atoms with Gasteiger partial charge in [0.2, 0.25) is 0 Å². The van der Waals surface area contributed by atoms with Gasteiger partial charge in [0.1, 0.15) is 0 Å². The van der Waals surface area contributed by atoms with Crippen LogP contribution in [0.5, 0.6) is 0 Å². The van der Waals surface area contributed by atoms with Crippen molar-refractivity contribution in [1.82, 2.24) is 0 Å². The number of thiol groups is 1. The second-order valence-electron chi connectivity index (χ2n) is 6.74. The molecule has 0 spiro atoms. The molecule has 1 N–H and O–H groups in total. The third kappa shape index (κ3) is 3.72. The molecule has 0 aromatic heterocycles. The van der Waals surface area contributed by atoms with E-state index in [4.69, 9.17) is 3.97 Å². The first-order valence-corrected chi connectivity index (χ1v) is 12.8. The van der Waals surface area contributed by atoms with Crippen molar-refractivity contribution < 1.29 is 13.4 Å². The normalized spacial score (nSPS) is 13.4. The summed E-state index contributed by atoms with van der Waals surface area (Å²) in [7, 11) is -7.28. The Morgan fingerprint density at radius 3 is 0.967 bits per heavy atom. The summed E-state index contributed by atoms with van der Waals surface area (Å²) in [6.45, 7) is 0. The minimum absolute atomic E-state index is 0. The van der Waals surface area contributed by atoms with Crippen molar-refractivity contribution in [2.45, 2.75) is 19.6 Å². The van der Waals surface area contributed by atoms with Gasteiger partial charge in [-0.1, -0.05) is 72.8 Å². The van der Waals surface area contributed by atoms with Gasteiger partial charge in [-0.25, -0.2) is 0 Å². The molecule has 6 heteroatoms. The van der Waals surface area contributed by atoms with Crippen molar-refractivity contribution in [3.63, 3.8) is 0 Å². The quantitative estimate of drug-likeness (QED) is 0.219. The molecule has 1 unspecified atom stereocenters. The molecule has 152 valence electrons. The van der Waals surface area contributed by atoms with Crippen LogP contribution in [0.1, 0.15) is 0 Å². The average molecular weight is 465 g/mol. The molecular formula is C24H25CaO3PS. The van der Waals surface area contributed by atoms with E-state index >= 15 is 0 Å². The molecular weight excluding hydrogens is 439 g/mol. The van der Waals surface area contributed by atoms with Gasteiger partial charge in [-0.15, -0.1) is 9.44 Å². The maximum absolute atomic E-state index is 12.5. The fraction of sp³-hybridized carbons (Fsp3) is 0. The Kier molecular flexibility index (Phi) is 7.65. The van der Waals surface area contributed by atoms with Crippen molar-refractivity contribution in [1.29, 1.82) is 0 Å². The van der Waals surface area contributed by atoms with Gasteiger partial charge in [0.25, 0.3) is 0 Å². The minimum atomic E-state index is -3.95. The van der Waals surface area contributed by atoms with E-state index in [1.165, 1.54) is 0 Å². The van der Waals surface area contributed by atoms with E-state index in [-0.39, 0.29) is 37.7 Å². The monoisotopic (exact) mass is 464 g/mol. The first-order valence-electron chi connectivity index (χ1n) is 9.35. The summed E-state index contributed by atoms with van der Waals surface area (Å²) in [6, 6.07) is 39.3. The van der Waals surface area contributed by atoms with E-state index in [0.29, 0.717) is 0 Å². The third-order valence-electron chi connectivity index (χ3n) is 5.26. The summed E-state index contributed by atoms with van der Waals surface area (Å²) >= 11 is 0. The molecule has 0 radical (unpaired) electrons. The molecule has 4 aromatic carbocycles. The molecule has 0 heterocycles. The third-order valence-corrected chi connectivity index (χ3v) is 12.5. The average Bonchev–Trinajstić information content (AvgIpc) is 2.80. The molecule has 0 fully saturated rings. The van der Waals surface area contributed by atoms with Crippen molar-refractivity contribution in [2.24, 2.45) is 0 Å². The maximum atomic E-state index is 12.5. The SMILES string of the molecule is O=[PH](O)O[SH](c1ccccc1)(c1ccccc1)(c1ccccc1)c1ccccc1.[CaH2]. The van der Waals surface area contributed by atoms with E-state index in [1.54, 1.807) is 0 Å². The van der Waals surface area contributed by atoms with E-state index in [1.807, 2.05) is 121 Å². The Hall–Kier alpha value is -1.36. The second-order valence-corrected chi connectivity index (χ2v) is 12.1. The molecule has 3 nitrogen and oxygen atoms in total. The fourth-order valence-electron chi connectivity index (χ4n) is 4.11. The van der Waals surface area contributed by atoms with Crippen LogP contribution in [0.15, 0.2) is 141 Å². The topological polar surface area (TPSA) is 46.5 Å². The van der Waals surface area contributed by atoms with Gasteiger partial charge in [-0.05, 0) is 48.5 Å². The second kappa shape index (κ2) is 9.84. The Bertz CT molecular complexity index is 941. The van der Waals surface area contributed by atoms with Crippen molar-refractivity contribution in [3.8, 4) is 0 Å². The van der Waals surface area contributed by atoms with Gasteiger partial charge >= 0.3 is 46.0 Å². The summed E-state index contributed by atoms with van der Waals surface area (Å²) in [4.78, 5) is 13.8. The van der Waals surface area contributed by atoms with Gasteiger partial charge < -0.3 is 4.89 Å². The molecule has 0 aliphatic heterocycles. The molecule has 0 saturated heterocycles. The van der Waals surface area contributed by atoms with Gasteiger partial charge in [0.15, 0.2) is 0 Å². The standard InChI is InChI=1S/C24H23O3PS.Ca.2H/c25-28(26)27-29(21-13-5-1-6-14-21,22-15-7-2-8-16-22,23-17-9-3-10-18-23)24-19-11-4-12-20-24;;;/h1-20,28-29H,(H,25,26);;;. The van der Waals surface area contributed by atoms with Crippen molar-refractivity contribution in [2.75, 3.05) is 0 Å². The molecule has 4 rings (SSSR count). The van der Waals surface area contributed by atoms with Crippen LogP contribution >= 0.6 is 17.7 Å². The molecule has 4 aromatic rings. The first-order chi connectivity index (χ1) is 14.2. The predicted octanol–water partition coefficient (Wildman–Crippen LogP) is 5.69. The van der Waals surface area contributed by atoms with Crippen LogP contribution in [-0.2, 0) is 8.54 Å². The Labute approximate surface area is 208 Å². The van der Waals surface area contributed by atoms with E-state index in [2.05, 4.69) is 0 Å². The summed E-state index contributed by atoms with van der Waals surface area (Å²) in [5, 5.41) is 0. The van der Waals surface area contributed by atoms with Crippen LogP contribution in [0.4, 0.5) is 0 Å². The molecule has 0 amide bonds. The molecule has 30 heavy (non-hydrogen) atoms. The van der Waals surface area contributed by atoms with Crippen LogP contribution < -0.4 is 0 Å². The number of hydrogen-bond acceptors (Lipinski definition) is 2. The Morgan fingerprint density at radius 2 is 0.767 bits per heavy atom. The molecule has 0 saturated carbocycles. The van der Waals surface area contributed by atoms with Crippen molar-refractivity contribution in [3.05, 3.63) is 121 Å². The van der Waals surface area contributed by atoms with Crippen molar-refractivity contribution >= 4 is 55.4 Å². The van der Waals surface area contributed by atoms with Crippen LogP contribution in [0.2, 0.25) is 0 Å². The molecule has 0 aliphatic carbocycles. The predicted molar refractivity (Wildman–Crippen MR) is 129 cm³/mol. The van der Waals surface area contributed by atoms with Gasteiger partial charge in [0.05, 0.1) is 0 Å². The van der Waals surface area contributed by atoms with Gasteiger partial charge in [0, 0.05) is 19.6 Å². The zero-order valence-electron chi connectivity index (χ0n) is 15.8. The first kappa shape index (κ1) is 23.3. The number of hydrogen-bond donors (Lipinski definition) is 2. The molecule has 1 atom stereocenters. The Morgan fingerprint density at radius 1 is 0.533 bits per heavy atom. The summed E-state index contributed by atoms with van der Waals surface area (Å²) in [5.74, 6) is 0. The van der Waals surface area contributed by atoms with Crippen LogP contribution in [0.3, 0.4) is 0 Å². The van der Waals surface area contributed by atoms with Crippen LogP contribution in [0.25, 0.3) is 0 Å². The van der Waals surface area contributed by atoms with Crippen LogP contribution in [0, 0.1) is 0 Å². The molecule has 0 aliphatic rings. The number of benzene rings is 4. The molecule has 0 bridgehead atoms. The summed E-state index contributed by atoms with van der Waals surface area (Å²) in [6.07, 6.45) is 0. The summed E-state index contributed by atoms with van der Waals surface area (Å²) in [5.41, 5.74) is 0. The zero-order chi connectivity index (χ0) is 20.2. The van der Waals surface area contributed by atoms with E-state index in [9.17, 15) is 9.46 Å².